The van der Waals surface area contributed by atoms with Crippen molar-refractivity contribution in [3.63, 3.8) is 0 Å². The Balaban J connectivity index is 1.90. The fourth-order valence-electron chi connectivity index (χ4n) is 1.87. The molecule has 0 spiro atoms. The molecular formula is C17H13F4NO3. The van der Waals surface area contributed by atoms with Crippen molar-refractivity contribution in [2.45, 2.75) is 6.18 Å². The summed E-state index contributed by atoms with van der Waals surface area (Å²) in [6.07, 6.45) is -4.49. The zero-order valence-electron chi connectivity index (χ0n) is 12.8. The van der Waals surface area contributed by atoms with Gasteiger partial charge in [-0.1, -0.05) is 0 Å². The van der Waals surface area contributed by atoms with Gasteiger partial charge < -0.3 is 10.1 Å². The number of nitrogens with one attached hydrogen (secondary N) is 1. The minimum Gasteiger partial charge on any atom is -0.484 e. The fraction of sp³-hybridized carbons (Fsp3) is 0.176. The Morgan fingerprint density at radius 2 is 1.44 bits per heavy atom. The molecule has 0 aliphatic heterocycles. The van der Waals surface area contributed by atoms with E-state index in [-0.39, 0.29) is 11.5 Å². The van der Waals surface area contributed by atoms with Gasteiger partial charge in [-0.2, -0.15) is 13.2 Å². The van der Waals surface area contributed by atoms with E-state index < -0.39 is 31.1 Å². The number of ether oxygens (including phenoxy) is 1. The molecule has 8 heteroatoms. The van der Waals surface area contributed by atoms with Gasteiger partial charge in [0.2, 0.25) is 0 Å². The molecule has 2 aromatic carbocycles. The number of ketones is 1. The predicted octanol–water partition coefficient (Wildman–Crippen LogP) is 3.11. The van der Waals surface area contributed by atoms with Crippen LogP contribution in [-0.2, 0) is 4.79 Å². The molecule has 0 atom stereocenters. The van der Waals surface area contributed by atoms with Gasteiger partial charge in [-0.05, 0) is 48.5 Å². The smallest absolute Gasteiger partial charge is 0.405 e. The molecule has 1 N–H and O–H groups in total. The molecule has 0 unspecified atom stereocenters. The molecule has 2 rings (SSSR count). The summed E-state index contributed by atoms with van der Waals surface area (Å²) in [5.41, 5.74) is 0.627. The third-order valence-corrected chi connectivity index (χ3v) is 3.08. The van der Waals surface area contributed by atoms with Crippen LogP contribution in [0.4, 0.5) is 17.6 Å². The van der Waals surface area contributed by atoms with Gasteiger partial charge in [-0.3, -0.25) is 9.59 Å². The van der Waals surface area contributed by atoms with Gasteiger partial charge in [0, 0.05) is 11.1 Å². The topological polar surface area (TPSA) is 55.4 Å². The first-order chi connectivity index (χ1) is 11.7. The van der Waals surface area contributed by atoms with Gasteiger partial charge in [-0.25, -0.2) is 4.39 Å². The maximum absolute atomic E-state index is 12.9. The van der Waals surface area contributed by atoms with Crippen LogP contribution in [0.3, 0.4) is 0 Å². The van der Waals surface area contributed by atoms with E-state index in [0.29, 0.717) is 11.1 Å². The average molecular weight is 355 g/mol. The maximum Gasteiger partial charge on any atom is 0.405 e. The van der Waals surface area contributed by atoms with Crippen LogP contribution < -0.4 is 10.1 Å². The van der Waals surface area contributed by atoms with Gasteiger partial charge in [0.05, 0.1) is 0 Å². The number of hydrogen-bond acceptors (Lipinski definition) is 3. The van der Waals surface area contributed by atoms with Crippen LogP contribution in [0.1, 0.15) is 15.9 Å². The van der Waals surface area contributed by atoms with Gasteiger partial charge in [-0.15, -0.1) is 0 Å². The second kappa shape index (κ2) is 7.78. The molecule has 0 heterocycles. The Hall–Kier alpha value is -2.90. The Morgan fingerprint density at radius 1 is 0.920 bits per heavy atom. The fourth-order valence-corrected chi connectivity index (χ4v) is 1.87. The van der Waals surface area contributed by atoms with Crippen LogP contribution in [-0.4, -0.2) is 31.0 Å². The molecule has 1 amide bonds. The lowest BCUT2D eigenvalue weighted by Gasteiger charge is -2.09. The predicted molar refractivity (Wildman–Crippen MR) is 80.8 cm³/mol. The standard InChI is InChI=1S/C17H13F4NO3/c18-13-5-1-11(2-6-13)16(24)12-3-7-14(8-4-12)25-9-15(23)22-10-17(19,20)21/h1-8H,9-10H2,(H,22,23). The first kappa shape index (κ1) is 18.4. The lowest BCUT2D eigenvalue weighted by atomic mass is 10.0. The highest BCUT2D eigenvalue weighted by molar-refractivity contribution is 6.09. The van der Waals surface area contributed by atoms with Gasteiger partial charge in [0.15, 0.2) is 12.4 Å². The van der Waals surface area contributed by atoms with Crippen LogP contribution >= 0.6 is 0 Å². The Labute approximate surface area is 140 Å². The molecule has 0 bridgehead atoms. The van der Waals surface area contributed by atoms with Crippen molar-refractivity contribution in [2.24, 2.45) is 0 Å². The summed E-state index contributed by atoms with van der Waals surface area (Å²) < 4.78 is 53.8. The molecule has 0 saturated heterocycles. The largest absolute Gasteiger partial charge is 0.484 e. The van der Waals surface area contributed by atoms with E-state index in [1.165, 1.54) is 48.5 Å². The van der Waals surface area contributed by atoms with E-state index in [2.05, 4.69) is 0 Å². The van der Waals surface area contributed by atoms with Crippen LogP contribution in [0.25, 0.3) is 0 Å². The zero-order valence-corrected chi connectivity index (χ0v) is 12.8. The summed E-state index contributed by atoms with van der Waals surface area (Å²) in [6.45, 7) is -2.01. The number of carbonyl (C=O) groups excluding carboxylic acids is 2. The quantitative estimate of drug-likeness (QED) is 0.640. The highest BCUT2D eigenvalue weighted by Crippen LogP contribution is 2.16. The Bertz CT molecular complexity index is 740. The minimum absolute atomic E-state index is 0.220. The second-order valence-corrected chi connectivity index (χ2v) is 5.04. The number of benzene rings is 2. The van der Waals surface area contributed by atoms with Crippen LogP contribution in [0.15, 0.2) is 48.5 Å². The molecule has 0 aromatic heterocycles. The van der Waals surface area contributed by atoms with Crippen molar-refractivity contribution < 1.29 is 31.9 Å². The summed E-state index contributed by atoms with van der Waals surface area (Å²) in [4.78, 5) is 23.4. The number of rotatable bonds is 6. The number of halogens is 4. The highest BCUT2D eigenvalue weighted by atomic mass is 19.4. The molecule has 0 aliphatic carbocycles. The van der Waals surface area contributed by atoms with Crippen molar-refractivity contribution in [3.8, 4) is 5.75 Å². The number of amides is 1. The van der Waals surface area contributed by atoms with Gasteiger partial charge in [0.1, 0.15) is 18.1 Å². The highest BCUT2D eigenvalue weighted by Gasteiger charge is 2.27. The summed E-state index contributed by atoms with van der Waals surface area (Å²) in [7, 11) is 0. The summed E-state index contributed by atoms with van der Waals surface area (Å²) in [5.74, 6) is -1.47. The van der Waals surface area contributed by atoms with Crippen LogP contribution in [0.5, 0.6) is 5.75 Å². The van der Waals surface area contributed by atoms with Crippen molar-refractivity contribution in [1.29, 1.82) is 0 Å². The third-order valence-electron chi connectivity index (χ3n) is 3.08. The summed E-state index contributed by atoms with van der Waals surface area (Å²) in [5, 5.41) is 1.67. The van der Waals surface area contributed by atoms with Crippen molar-refractivity contribution >= 4 is 11.7 Å². The molecule has 0 saturated carbocycles. The van der Waals surface area contributed by atoms with Crippen LogP contribution in [0, 0.1) is 5.82 Å². The molecule has 132 valence electrons. The first-order valence-corrected chi connectivity index (χ1v) is 7.11. The van der Waals surface area contributed by atoms with E-state index in [0.717, 1.165) is 0 Å². The molecule has 0 fully saturated rings. The average Bonchev–Trinajstić information content (AvgIpc) is 2.58. The van der Waals surface area contributed by atoms with E-state index in [4.69, 9.17) is 4.74 Å². The monoisotopic (exact) mass is 355 g/mol. The van der Waals surface area contributed by atoms with E-state index in [1.807, 2.05) is 0 Å². The summed E-state index contributed by atoms with van der Waals surface area (Å²) >= 11 is 0. The number of carbonyl (C=O) groups is 2. The van der Waals surface area contributed by atoms with E-state index >= 15 is 0 Å². The Kier molecular flexibility index (Phi) is 5.74. The normalized spacial score (nSPS) is 11.0. The lowest BCUT2D eigenvalue weighted by Crippen LogP contribution is -2.36. The third kappa shape index (κ3) is 5.91. The van der Waals surface area contributed by atoms with Crippen molar-refractivity contribution in [2.75, 3.05) is 13.2 Å². The van der Waals surface area contributed by atoms with E-state index in [9.17, 15) is 27.2 Å². The first-order valence-electron chi connectivity index (χ1n) is 7.11. The number of alkyl halides is 3. The Morgan fingerprint density at radius 3 is 1.96 bits per heavy atom. The SMILES string of the molecule is O=C(COc1ccc(C(=O)c2ccc(F)cc2)cc1)NCC(F)(F)F. The maximum atomic E-state index is 12.9. The second-order valence-electron chi connectivity index (χ2n) is 5.04. The molecule has 0 aliphatic rings. The van der Waals surface area contributed by atoms with E-state index in [1.54, 1.807) is 5.32 Å². The molecule has 0 radical (unpaired) electrons. The van der Waals surface area contributed by atoms with Crippen molar-refractivity contribution in [1.82, 2.24) is 5.32 Å². The van der Waals surface area contributed by atoms with Gasteiger partial charge >= 0.3 is 6.18 Å². The molecule has 4 nitrogen and oxygen atoms in total. The molecular weight excluding hydrogens is 342 g/mol. The lowest BCUT2D eigenvalue weighted by molar-refractivity contribution is -0.139. The van der Waals surface area contributed by atoms with Gasteiger partial charge in [0.25, 0.3) is 5.91 Å². The summed E-state index contributed by atoms with van der Waals surface area (Å²) in [6, 6.07) is 10.7. The minimum atomic E-state index is -4.49. The molecule has 25 heavy (non-hydrogen) atoms. The number of hydrogen-bond donors (Lipinski definition) is 1. The van der Waals surface area contributed by atoms with Crippen LogP contribution in [0.2, 0.25) is 0 Å². The molecule has 2 aromatic rings. The zero-order chi connectivity index (χ0) is 18.4. The van der Waals surface area contributed by atoms with Crippen molar-refractivity contribution in [3.05, 3.63) is 65.5 Å².